The van der Waals surface area contributed by atoms with Crippen LogP contribution in [0.3, 0.4) is 0 Å². The van der Waals surface area contributed by atoms with Crippen molar-refractivity contribution < 1.29 is 18.3 Å². The van der Waals surface area contributed by atoms with Gasteiger partial charge in [-0.1, -0.05) is 36.0 Å². The summed E-state index contributed by atoms with van der Waals surface area (Å²) in [5.41, 5.74) is -0.0819. The Morgan fingerprint density at radius 1 is 1.21 bits per heavy atom. The zero-order chi connectivity index (χ0) is 20.6. The van der Waals surface area contributed by atoms with E-state index >= 15 is 0 Å². The number of para-hydroxylation sites is 1. The summed E-state index contributed by atoms with van der Waals surface area (Å²) >= 11 is 1.14. The summed E-state index contributed by atoms with van der Waals surface area (Å²) in [7, 11) is 0. The van der Waals surface area contributed by atoms with Crippen LogP contribution in [0.1, 0.15) is 5.82 Å². The minimum absolute atomic E-state index is 0.0222. The Morgan fingerprint density at radius 3 is 2.72 bits per heavy atom. The maximum atomic E-state index is 13.7. The van der Waals surface area contributed by atoms with Crippen molar-refractivity contribution in [3.05, 3.63) is 78.6 Å². The topological polar surface area (TPSA) is 69.0 Å². The van der Waals surface area contributed by atoms with Gasteiger partial charge in [0.05, 0.1) is 11.4 Å². The van der Waals surface area contributed by atoms with Crippen molar-refractivity contribution in [1.82, 2.24) is 14.8 Å². The number of amides is 1. The lowest BCUT2D eigenvalue weighted by Gasteiger charge is -2.09. The quantitative estimate of drug-likeness (QED) is 0.421. The van der Waals surface area contributed by atoms with Crippen LogP contribution in [-0.4, -0.2) is 26.4 Å². The van der Waals surface area contributed by atoms with Crippen molar-refractivity contribution in [2.75, 3.05) is 11.1 Å². The number of hydrogen-bond acceptors (Lipinski definition) is 5. The van der Waals surface area contributed by atoms with Gasteiger partial charge in [0.2, 0.25) is 5.91 Å². The molecule has 150 valence electrons. The third-order valence-corrected chi connectivity index (χ3v) is 4.72. The number of benzene rings is 2. The van der Waals surface area contributed by atoms with E-state index < -0.39 is 17.5 Å². The lowest BCUT2D eigenvalue weighted by Crippen LogP contribution is -2.16. The SMILES string of the molecule is C=CCn1c(COc2ccccc2)nnc1SCC(=O)Nc1ccc(F)cc1F. The first kappa shape index (κ1) is 20.5. The molecule has 0 aliphatic heterocycles. The second-order valence-electron chi connectivity index (χ2n) is 5.86. The van der Waals surface area contributed by atoms with Gasteiger partial charge in [0.15, 0.2) is 11.0 Å². The molecule has 0 saturated carbocycles. The largest absolute Gasteiger partial charge is 0.486 e. The van der Waals surface area contributed by atoms with E-state index in [0.29, 0.717) is 29.3 Å². The standard InChI is InChI=1S/C20H18F2N4O2S/c1-2-10-26-18(12-28-15-6-4-3-5-7-15)24-25-20(26)29-13-19(27)23-17-9-8-14(21)11-16(17)22/h2-9,11H,1,10,12-13H2,(H,23,27). The molecule has 1 amide bonds. The molecule has 9 heteroatoms. The fourth-order valence-electron chi connectivity index (χ4n) is 2.42. The van der Waals surface area contributed by atoms with Gasteiger partial charge in [-0.15, -0.1) is 16.8 Å². The van der Waals surface area contributed by atoms with E-state index in [2.05, 4.69) is 22.1 Å². The smallest absolute Gasteiger partial charge is 0.234 e. The molecular weight excluding hydrogens is 398 g/mol. The van der Waals surface area contributed by atoms with E-state index in [1.807, 2.05) is 30.3 Å². The van der Waals surface area contributed by atoms with Crippen LogP contribution in [-0.2, 0) is 17.9 Å². The number of allylic oxidation sites excluding steroid dienone is 1. The molecule has 0 saturated heterocycles. The average Bonchev–Trinajstić information content (AvgIpc) is 3.10. The molecule has 0 unspecified atom stereocenters. The Kier molecular flexibility index (Phi) is 6.96. The fraction of sp³-hybridized carbons (Fsp3) is 0.150. The highest BCUT2D eigenvalue weighted by Gasteiger charge is 2.15. The number of carbonyl (C=O) groups is 1. The molecule has 0 radical (unpaired) electrons. The molecule has 1 heterocycles. The van der Waals surface area contributed by atoms with E-state index in [4.69, 9.17) is 4.74 Å². The van der Waals surface area contributed by atoms with Gasteiger partial charge in [0.1, 0.15) is 24.0 Å². The summed E-state index contributed by atoms with van der Waals surface area (Å²) in [6, 6.07) is 12.3. The van der Waals surface area contributed by atoms with Crippen LogP contribution in [0, 0.1) is 11.6 Å². The number of hydrogen-bond donors (Lipinski definition) is 1. The molecule has 29 heavy (non-hydrogen) atoms. The van der Waals surface area contributed by atoms with Gasteiger partial charge in [0.25, 0.3) is 0 Å². The third-order valence-electron chi connectivity index (χ3n) is 3.75. The number of anilines is 1. The number of nitrogens with zero attached hydrogens (tertiary/aromatic N) is 3. The van der Waals surface area contributed by atoms with Gasteiger partial charge in [-0.3, -0.25) is 9.36 Å². The summed E-state index contributed by atoms with van der Waals surface area (Å²) in [5, 5.41) is 11.1. The van der Waals surface area contributed by atoms with Gasteiger partial charge in [0, 0.05) is 12.6 Å². The first-order valence-corrected chi connectivity index (χ1v) is 9.64. The van der Waals surface area contributed by atoms with Crippen molar-refractivity contribution in [2.45, 2.75) is 18.3 Å². The van der Waals surface area contributed by atoms with Crippen molar-refractivity contribution >= 4 is 23.4 Å². The molecule has 2 aromatic carbocycles. The molecule has 0 aliphatic rings. The van der Waals surface area contributed by atoms with Crippen molar-refractivity contribution in [2.24, 2.45) is 0 Å². The average molecular weight is 416 g/mol. The Morgan fingerprint density at radius 2 is 2.00 bits per heavy atom. The van der Waals surface area contributed by atoms with E-state index in [1.54, 1.807) is 10.6 Å². The van der Waals surface area contributed by atoms with Crippen LogP contribution in [0.25, 0.3) is 0 Å². The van der Waals surface area contributed by atoms with Gasteiger partial charge < -0.3 is 10.1 Å². The number of nitrogens with one attached hydrogen (secondary N) is 1. The first-order chi connectivity index (χ1) is 14.1. The third kappa shape index (κ3) is 5.64. The van der Waals surface area contributed by atoms with E-state index in [9.17, 15) is 13.6 Å². The Labute approximate surface area is 170 Å². The van der Waals surface area contributed by atoms with Gasteiger partial charge >= 0.3 is 0 Å². The zero-order valence-corrected chi connectivity index (χ0v) is 16.2. The second-order valence-corrected chi connectivity index (χ2v) is 6.80. The lowest BCUT2D eigenvalue weighted by molar-refractivity contribution is -0.113. The highest BCUT2D eigenvalue weighted by Crippen LogP contribution is 2.20. The van der Waals surface area contributed by atoms with Crippen molar-refractivity contribution in [1.29, 1.82) is 0 Å². The summed E-state index contributed by atoms with van der Waals surface area (Å²) in [4.78, 5) is 12.1. The highest BCUT2D eigenvalue weighted by atomic mass is 32.2. The molecular formula is C20H18F2N4O2S. The Balaban J connectivity index is 1.61. The van der Waals surface area contributed by atoms with Crippen molar-refractivity contribution in [3.8, 4) is 5.75 Å². The molecule has 1 aromatic heterocycles. The number of ether oxygens (including phenoxy) is 1. The van der Waals surface area contributed by atoms with E-state index in [0.717, 1.165) is 17.8 Å². The lowest BCUT2D eigenvalue weighted by atomic mass is 10.3. The summed E-state index contributed by atoms with van der Waals surface area (Å²) in [6.45, 7) is 4.37. The van der Waals surface area contributed by atoms with E-state index in [-0.39, 0.29) is 18.0 Å². The monoisotopic (exact) mass is 416 g/mol. The second kappa shape index (κ2) is 9.83. The maximum Gasteiger partial charge on any atom is 0.234 e. The number of rotatable bonds is 9. The Bertz CT molecular complexity index is 995. The number of thioether (sulfide) groups is 1. The minimum Gasteiger partial charge on any atom is -0.486 e. The predicted molar refractivity (Wildman–Crippen MR) is 107 cm³/mol. The minimum atomic E-state index is -0.835. The normalized spacial score (nSPS) is 10.6. The van der Waals surface area contributed by atoms with Crippen LogP contribution in [0.5, 0.6) is 5.75 Å². The van der Waals surface area contributed by atoms with Crippen LogP contribution < -0.4 is 10.1 Å². The van der Waals surface area contributed by atoms with Crippen LogP contribution in [0.2, 0.25) is 0 Å². The Hall–Kier alpha value is -3.20. The molecule has 3 rings (SSSR count). The van der Waals surface area contributed by atoms with Crippen molar-refractivity contribution in [3.63, 3.8) is 0 Å². The molecule has 0 fully saturated rings. The van der Waals surface area contributed by atoms with Gasteiger partial charge in [-0.2, -0.15) is 0 Å². The molecule has 0 atom stereocenters. The number of halogens is 2. The summed E-state index contributed by atoms with van der Waals surface area (Å²) < 4.78 is 34.1. The molecule has 3 aromatic rings. The van der Waals surface area contributed by atoms with Gasteiger partial charge in [-0.25, -0.2) is 8.78 Å². The van der Waals surface area contributed by atoms with Gasteiger partial charge in [-0.05, 0) is 24.3 Å². The number of carbonyl (C=O) groups excluding carboxylic acids is 1. The zero-order valence-electron chi connectivity index (χ0n) is 15.3. The summed E-state index contributed by atoms with van der Waals surface area (Å²) in [6.07, 6.45) is 1.69. The van der Waals surface area contributed by atoms with Crippen LogP contribution in [0.4, 0.5) is 14.5 Å². The highest BCUT2D eigenvalue weighted by molar-refractivity contribution is 7.99. The molecule has 0 aliphatic carbocycles. The summed E-state index contributed by atoms with van der Waals surface area (Å²) in [5.74, 6) is -0.727. The predicted octanol–water partition coefficient (Wildman–Crippen LogP) is 4.05. The molecule has 6 nitrogen and oxygen atoms in total. The van der Waals surface area contributed by atoms with E-state index in [1.165, 1.54) is 6.07 Å². The molecule has 1 N–H and O–H groups in total. The fourth-order valence-corrected chi connectivity index (χ4v) is 3.18. The first-order valence-electron chi connectivity index (χ1n) is 8.65. The van der Waals surface area contributed by atoms with Crippen LogP contribution in [0.15, 0.2) is 66.3 Å². The number of aromatic nitrogens is 3. The molecule has 0 spiro atoms. The molecule has 0 bridgehead atoms. The maximum absolute atomic E-state index is 13.7. The van der Waals surface area contributed by atoms with Crippen LogP contribution >= 0.6 is 11.8 Å².